The molecule has 0 aliphatic heterocycles. The molecule has 0 saturated carbocycles. The highest BCUT2D eigenvalue weighted by Crippen LogP contribution is 2.26. The highest BCUT2D eigenvalue weighted by molar-refractivity contribution is 6.35. The van der Waals surface area contributed by atoms with Crippen molar-refractivity contribution in [3.63, 3.8) is 0 Å². The lowest BCUT2D eigenvalue weighted by atomic mass is 10.1. The van der Waals surface area contributed by atoms with Crippen LogP contribution in [0.1, 0.15) is 29.0 Å². The molecule has 0 bridgehead atoms. The van der Waals surface area contributed by atoms with Gasteiger partial charge in [-0.15, -0.1) is 0 Å². The number of amides is 1. The van der Waals surface area contributed by atoms with Crippen molar-refractivity contribution >= 4 is 40.5 Å². The summed E-state index contributed by atoms with van der Waals surface area (Å²) in [5, 5.41) is 6.98. The number of carbonyl (C=O) groups is 1. The first-order valence-corrected chi connectivity index (χ1v) is 8.82. The average molecular weight is 386 g/mol. The second-order valence-corrected chi connectivity index (χ2v) is 6.63. The maximum absolute atomic E-state index is 12.3. The Morgan fingerprint density at radius 1 is 1.04 bits per heavy atom. The van der Waals surface area contributed by atoms with Crippen molar-refractivity contribution < 1.29 is 4.79 Å². The number of halogens is 2. The van der Waals surface area contributed by atoms with Crippen LogP contribution < -0.4 is 10.6 Å². The summed E-state index contributed by atoms with van der Waals surface area (Å²) >= 11 is 12.0. The summed E-state index contributed by atoms with van der Waals surface area (Å²) in [5.41, 5.74) is 2.74. The Morgan fingerprint density at radius 3 is 2.50 bits per heavy atom. The van der Waals surface area contributed by atoms with E-state index >= 15 is 0 Å². The van der Waals surface area contributed by atoms with Gasteiger partial charge in [-0.1, -0.05) is 53.5 Å². The first-order valence-electron chi connectivity index (χ1n) is 8.07. The summed E-state index contributed by atoms with van der Waals surface area (Å²) in [6.07, 6.45) is 1.63. The first kappa shape index (κ1) is 18.2. The molecule has 3 aromatic rings. The van der Waals surface area contributed by atoms with E-state index in [1.54, 1.807) is 30.5 Å². The second-order valence-electron chi connectivity index (χ2n) is 5.79. The Labute approximate surface area is 162 Å². The normalized spacial score (nSPS) is 11.7. The number of pyridine rings is 1. The number of aromatic nitrogens is 1. The molecule has 1 amide bonds. The third kappa shape index (κ3) is 4.54. The Morgan fingerprint density at radius 2 is 1.81 bits per heavy atom. The fourth-order valence-electron chi connectivity index (χ4n) is 2.47. The molecule has 26 heavy (non-hydrogen) atoms. The van der Waals surface area contributed by atoms with Crippen molar-refractivity contribution in [1.82, 2.24) is 4.98 Å². The van der Waals surface area contributed by atoms with Gasteiger partial charge in [0.15, 0.2) is 0 Å². The number of anilines is 2. The standard InChI is InChI=1S/C20H17Cl2N3O/c1-13(14-5-3-2-4-6-14)24-16-8-10-18(23-12-16)20(26)25-19-11-15(21)7-9-17(19)22/h2-13,24H,1H3,(H,25,26). The second kappa shape index (κ2) is 8.21. The van der Waals surface area contributed by atoms with E-state index in [0.717, 1.165) is 5.69 Å². The highest BCUT2D eigenvalue weighted by atomic mass is 35.5. The zero-order valence-electron chi connectivity index (χ0n) is 14.0. The molecule has 0 saturated heterocycles. The molecule has 6 heteroatoms. The minimum atomic E-state index is -0.350. The van der Waals surface area contributed by atoms with Crippen molar-refractivity contribution in [3.8, 4) is 0 Å². The molecule has 1 aromatic heterocycles. The van der Waals surface area contributed by atoms with E-state index in [-0.39, 0.29) is 11.9 Å². The lowest BCUT2D eigenvalue weighted by Crippen LogP contribution is -2.14. The Bertz CT molecular complexity index is 899. The fraction of sp³-hybridized carbons (Fsp3) is 0.100. The van der Waals surface area contributed by atoms with E-state index in [1.807, 2.05) is 24.3 Å². The molecule has 3 rings (SSSR count). The number of hydrogen-bond donors (Lipinski definition) is 2. The van der Waals surface area contributed by atoms with Crippen LogP contribution in [0.5, 0.6) is 0 Å². The number of nitrogens with zero attached hydrogens (tertiary/aromatic N) is 1. The van der Waals surface area contributed by atoms with Gasteiger partial charge in [-0.2, -0.15) is 0 Å². The maximum atomic E-state index is 12.3. The minimum absolute atomic E-state index is 0.128. The van der Waals surface area contributed by atoms with Gasteiger partial charge in [0.1, 0.15) is 5.69 Å². The third-order valence-electron chi connectivity index (χ3n) is 3.86. The van der Waals surface area contributed by atoms with Crippen molar-refractivity contribution in [2.45, 2.75) is 13.0 Å². The largest absolute Gasteiger partial charge is 0.377 e. The van der Waals surface area contributed by atoms with Crippen LogP contribution in [0.15, 0.2) is 66.9 Å². The molecule has 2 N–H and O–H groups in total. The minimum Gasteiger partial charge on any atom is -0.377 e. The molecule has 4 nitrogen and oxygen atoms in total. The van der Waals surface area contributed by atoms with Crippen LogP contribution in [-0.4, -0.2) is 10.9 Å². The van der Waals surface area contributed by atoms with Gasteiger partial charge in [-0.25, -0.2) is 4.98 Å². The van der Waals surface area contributed by atoms with E-state index in [1.165, 1.54) is 5.56 Å². The number of benzene rings is 2. The summed E-state index contributed by atoms with van der Waals surface area (Å²) in [5.74, 6) is -0.350. The third-order valence-corrected chi connectivity index (χ3v) is 4.42. The SMILES string of the molecule is CC(Nc1ccc(C(=O)Nc2cc(Cl)ccc2Cl)nc1)c1ccccc1. The van der Waals surface area contributed by atoms with E-state index in [9.17, 15) is 4.79 Å². The zero-order valence-corrected chi connectivity index (χ0v) is 15.6. The predicted molar refractivity (Wildman–Crippen MR) is 107 cm³/mol. The molecule has 1 atom stereocenters. The van der Waals surface area contributed by atoms with Crippen LogP contribution in [0.2, 0.25) is 10.0 Å². The first-order chi connectivity index (χ1) is 12.5. The molecule has 0 aliphatic carbocycles. The Kier molecular flexibility index (Phi) is 5.76. The Hall–Kier alpha value is -2.56. The van der Waals surface area contributed by atoms with Gasteiger partial charge < -0.3 is 10.6 Å². The topological polar surface area (TPSA) is 54.0 Å². The van der Waals surface area contributed by atoms with Gasteiger partial charge in [0.25, 0.3) is 5.91 Å². The van der Waals surface area contributed by atoms with E-state index in [2.05, 4.69) is 34.7 Å². The van der Waals surface area contributed by atoms with Crippen molar-refractivity contribution in [1.29, 1.82) is 0 Å². The van der Waals surface area contributed by atoms with Crippen LogP contribution >= 0.6 is 23.2 Å². The molecule has 0 radical (unpaired) electrons. The quantitative estimate of drug-likeness (QED) is 0.582. The van der Waals surface area contributed by atoms with Gasteiger partial charge in [0, 0.05) is 11.1 Å². The smallest absolute Gasteiger partial charge is 0.274 e. The molecule has 2 aromatic carbocycles. The molecule has 0 fully saturated rings. The maximum Gasteiger partial charge on any atom is 0.274 e. The van der Waals surface area contributed by atoms with Gasteiger partial charge in [-0.3, -0.25) is 4.79 Å². The molecular formula is C20H17Cl2N3O. The molecule has 0 aliphatic rings. The number of nitrogens with one attached hydrogen (secondary N) is 2. The van der Waals surface area contributed by atoms with E-state index < -0.39 is 0 Å². The Balaban J connectivity index is 1.67. The van der Waals surface area contributed by atoms with Crippen molar-refractivity contribution in [2.75, 3.05) is 10.6 Å². The summed E-state index contributed by atoms with van der Waals surface area (Å²) < 4.78 is 0. The molecule has 0 spiro atoms. The van der Waals surface area contributed by atoms with Gasteiger partial charge in [-0.05, 0) is 42.8 Å². The average Bonchev–Trinajstić information content (AvgIpc) is 2.66. The van der Waals surface area contributed by atoms with Crippen LogP contribution in [0.4, 0.5) is 11.4 Å². The zero-order chi connectivity index (χ0) is 18.5. The van der Waals surface area contributed by atoms with Crippen LogP contribution in [0.25, 0.3) is 0 Å². The number of hydrogen-bond acceptors (Lipinski definition) is 3. The summed E-state index contributed by atoms with van der Waals surface area (Å²) in [6, 6.07) is 18.6. The number of carbonyl (C=O) groups excluding carboxylic acids is 1. The van der Waals surface area contributed by atoms with Crippen molar-refractivity contribution in [2.24, 2.45) is 0 Å². The molecule has 1 unspecified atom stereocenters. The predicted octanol–water partition coefficient (Wildman–Crippen LogP) is 5.81. The monoisotopic (exact) mass is 385 g/mol. The van der Waals surface area contributed by atoms with Crippen LogP contribution in [0.3, 0.4) is 0 Å². The highest BCUT2D eigenvalue weighted by Gasteiger charge is 2.11. The van der Waals surface area contributed by atoms with E-state index in [0.29, 0.717) is 21.4 Å². The van der Waals surface area contributed by atoms with Crippen molar-refractivity contribution in [3.05, 3.63) is 88.2 Å². The fourth-order valence-corrected chi connectivity index (χ4v) is 2.81. The summed E-state index contributed by atoms with van der Waals surface area (Å²) in [6.45, 7) is 2.07. The molecule has 1 heterocycles. The molecule has 132 valence electrons. The van der Waals surface area contributed by atoms with Gasteiger partial charge in [0.2, 0.25) is 0 Å². The van der Waals surface area contributed by atoms with E-state index in [4.69, 9.17) is 23.2 Å². The number of rotatable bonds is 5. The van der Waals surface area contributed by atoms with Gasteiger partial charge >= 0.3 is 0 Å². The van der Waals surface area contributed by atoms with Crippen LogP contribution in [0, 0.1) is 0 Å². The van der Waals surface area contributed by atoms with Gasteiger partial charge in [0.05, 0.1) is 22.6 Å². The van der Waals surface area contributed by atoms with Crippen LogP contribution in [-0.2, 0) is 0 Å². The molecular weight excluding hydrogens is 369 g/mol. The summed E-state index contributed by atoms with van der Waals surface area (Å²) in [4.78, 5) is 16.6. The lowest BCUT2D eigenvalue weighted by molar-refractivity contribution is 0.102. The summed E-state index contributed by atoms with van der Waals surface area (Å²) in [7, 11) is 0. The lowest BCUT2D eigenvalue weighted by Gasteiger charge is -2.15.